The molecule has 0 bridgehead atoms. The number of nitro benzene ring substituents is 1. The first-order chi connectivity index (χ1) is 11.8. The zero-order valence-electron chi connectivity index (χ0n) is 13.0. The Morgan fingerprint density at radius 3 is 2.64 bits per heavy atom. The standard InChI is InChI=1S/C17H13ClN2O5/c1-10-12(17(22)23)3-2-4-14(10)19-16(21)8-6-11-5-7-13(18)15(9-11)20(24)25/h2-9H,1H3,(H,19,21)(H,22,23)/b8-6+. The van der Waals surface area contributed by atoms with Gasteiger partial charge in [0, 0.05) is 17.8 Å². The number of carbonyl (C=O) groups is 2. The van der Waals surface area contributed by atoms with Gasteiger partial charge in [-0.3, -0.25) is 14.9 Å². The van der Waals surface area contributed by atoms with Crippen molar-refractivity contribution in [1.82, 2.24) is 0 Å². The van der Waals surface area contributed by atoms with Gasteiger partial charge in [0.25, 0.3) is 5.69 Å². The molecule has 0 spiro atoms. The summed E-state index contributed by atoms with van der Waals surface area (Å²) in [5, 5.41) is 22.5. The van der Waals surface area contributed by atoms with Gasteiger partial charge in [0.2, 0.25) is 5.91 Å². The van der Waals surface area contributed by atoms with Crippen molar-refractivity contribution in [3.05, 3.63) is 74.3 Å². The van der Waals surface area contributed by atoms with E-state index in [-0.39, 0.29) is 16.3 Å². The zero-order chi connectivity index (χ0) is 18.6. The van der Waals surface area contributed by atoms with Gasteiger partial charge in [-0.05, 0) is 42.3 Å². The monoisotopic (exact) mass is 360 g/mol. The molecule has 0 aliphatic rings. The van der Waals surface area contributed by atoms with E-state index < -0.39 is 16.8 Å². The molecular weight excluding hydrogens is 348 g/mol. The van der Waals surface area contributed by atoms with Crippen LogP contribution >= 0.6 is 11.6 Å². The van der Waals surface area contributed by atoms with Crippen molar-refractivity contribution in [3.63, 3.8) is 0 Å². The molecule has 2 aromatic carbocycles. The molecule has 0 atom stereocenters. The number of aromatic carboxylic acids is 1. The summed E-state index contributed by atoms with van der Waals surface area (Å²) in [7, 11) is 0. The van der Waals surface area contributed by atoms with Crippen molar-refractivity contribution in [3.8, 4) is 0 Å². The molecule has 0 aliphatic heterocycles. The lowest BCUT2D eigenvalue weighted by molar-refractivity contribution is -0.384. The summed E-state index contributed by atoms with van der Waals surface area (Å²) in [6, 6.07) is 8.71. The van der Waals surface area contributed by atoms with Gasteiger partial charge in [-0.25, -0.2) is 4.79 Å². The largest absolute Gasteiger partial charge is 0.478 e. The highest BCUT2D eigenvalue weighted by atomic mass is 35.5. The second-order valence-electron chi connectivity index (χ2n) is 5.07. The van der Waals surface area contributed by atoms with Crippen LogP contribution in [-0.2, 0) is 4.79 Å². The quantitative estimate of drug-likeness (QED) is 0.477. The topological polar surface area (TPSA) is 110 Å². The third kappa shape index (κ3) is 4.42. The molecule has 2 N–H and O–H groups in total. The predicted octanol–water partition coefficient (Wildman–Crippen LogP) is 3.91. The summed E-state index contributed by atoms with van der Waals surface area (Å²) >= 11 is 5.73. The minimum atomic E-state index is -1.09. The number of nitro groups is 1. The van der Waals surface area contributed by atoms with Crippen LogP contribution in [0.15, 0.2) is 42.5 Å². The fourth-order valence-electron chi connectivity index (χ4n) is 2.12. The van der Waals surface area contributed by atoms with E-state index in [1.807, 2.05) is 0 Å². The number of carboxylic acids is 1. The number of benzene rings is 2. The number of carbonyl (C=O) groups excluding carboxylic acids is 1. The van der Waals surface area contributed by atoms with Gasteiger partial charge in [0.15, 0.2) is 0 Å². The molecule has 1 amide bonds. The molecule has 0 radical (unpaired) electrons. The highest BCUT2D eigenvalue weighted by molar-refractivity contribution is 6.32. The van der Waals surface area contributed by atoms with Crippen molar-refractivity contribution < 1.29 is 19.6 Å². The van der Waals surface area contributed by atoms with Crippen LogP contribution < -0.4 is 5.32 Å². The van der Waals surface area contributed by atoms with Gasteiger partial charge in [0.1, 0.15) is 5.02 Å². The molecule has 0 fully saturated rings. The number of carboxylic acid groups (broad SMARTS) is 1. The van der Waals surface area contributed by atoms with Crippen LogP contribution in [-0.4, -0.2) is 21.9 Å². The van der Waals surface area contributed by atoms with Crippen LogP contribution in [0, 0.1) is 17.0 Å². The lowest BCUT2D eigenvalue weighted by atomic mass is 10.1. The number of anilines is 1. The zero-order valence-corrected chi connectivity index (χ0v) is 13.8. The third-order valence-corrected chi connectivity index (χ3v) is 3.74. The van der Waals surface area contributed by atoms with E-state index >= 15 is 0 Å². The summed E-state index contributed by atoms with van der Waals surface area (Å²) in [6.07, 6.45) is 2.59. The van der Waals surface area contributed by atoms with E-state index in [0.29, 0.717) is 16.8 Å². The molecule has 0 saturated carbocycles. The number of hydrogen-bond donors (Lipinski definition) is 2. The predicted molar refractivity (Wildman–Crippen MR) is 93.9 cm³/mol. The SMILES string of the molecule is Cc1c(NC(=O)/C=C/c2ccc(Cl)c([N+](=O)[O-])c2)cccc1C(=O)O. The van der Waals surface area contributed by atoms with E-state index in [1.165, 1.54) is 42.5 Å². The van der Waals surface area contributed by atoms with Gasteiger partial charge < -0.3 is 10.4 Å². The van der Waals surface area contributed by atoms with Crippen molar-refractivity contribution in [2.45, 2.75) is 6.92 Å². The van der Waals surface area contributed by atoms with Gasteiger partial charge >= 0.3 is 5.97 Å². The van der Waals surface area contributed by atoms with Crippen molar-refractivity contribution in [2.24, 2.45) is 0 Å². The summed E-state index contributed by atoms with van der Waals surface area (Å²) in [4.78, 5) is 33.3. The molecule has 0 heterocycles. The maximum absolute atomic E-state index is 12.0. The Bertz CT molecular complexity index is 893. The first kappa shape index (κ1) is 18.2. The Morgan fingerprint density at radius 2 is 2.00 bits per heavy atom. The summed E-state index contributed by atoms with van der Waals surface area (Å²) in [5.41, 5.74) is 1.07. The average Bonchev–Trinajstić information content (AvgIpc) is 2.55. The van der Waals surface area contributed by atoms with Crippen LogP contribution in [0.2, 0.25) is 5.02 Å². The first-order valence-corrected chi connectivity index (χ1v) is 7.43. The maximum atomic E-state index is 12.0. The summed E-state index contributed by atoms with van der Waals surface area (Å²) in [6.45, 7) is 1.59. The van der Waals surface area contributed by atoms with E-state index in [1.54, 1.807) is 13.0 Å². The van der Waals surface area contributed by atoms with Crippen molar-refractivity contribution in [2.75, 3.05) is 5.32 Å². The molecule has 2 rings (SSSR count). The van der Waals surface area contributed by atoms with Crippen molar-refractivity contribution in [1.29, 1.82) is 0 Å². The molecular formula is C17H13ClN2O5. The normalized spacial score (nSPS) is 10.6. The minimum absolute atomic E-state index is 0.00714. The van der Waals surface area contributed by atoms with E-state index in [2.05, 4.69) is 5.32 Å². The molecule has 2 aromatic rings. The maximum Gasteiger partial charge on any atom is 0.336 e. The molecule has 0 aliphatic carbocycles. The molecule has 128 valence electrons. The lowest BCUT2D eigenvalue weighted by Crippen LogP contribution is -2.11. The van der Waals surface area contributed by atoms with Crippen LogP contribution in [0.25, 0.3) is 6.08 Å². The van der Waals surface area contributed by atoms with Crippen molar-refractivity contribution >= 4 is 40.9 Å². The Hall–Kier alpha value is -3.19. The van der Waals surface area contributed by atoms with Crippen LogP contribution in [0.4, 0.5) is 11.4 Å². The Labute approximate surface area is 147 Å². The van der Waals surface area contributed by atoms with Crippen LogP contribution in [0.3, 0.4) is 0 Å². The average molecular weight is 361 g/mol. The first-order valence-electron chi connectivity index (χ1n) is 7.05. The highest BCUT2D eigenvalue weighted by Gasteiger charge is 2.13. The second kappa shape index (κ2) is 7.59. The molecule has 8 heteroatoms. The molecule has 0 aromatic heterocycles. The molecule has 7 nitrogen and oxygen atoms in total. The Balaban J connectivity index is 2.17. The second-order valence-corrected chi connectivity index (χ2v) is 5.48. The van der Waals surface area contributed by atoms with Gasteiger partial charge in [0.05, 0.1) is 10.5 Å². The van der Waals surface area contributed by atoms with Gasteiger partial charge in [-0.2, -0.15) is 0 Å². The fourth-order valence-corrected chi connectivity index (χ4v) is 2.31. The summed E-state index contributed by atoms with van der Waals surface area (Å²) in [5.74, 6) is -1.58. The van der Waals surface area contributed by atoms with E-state index in [4.69, 9.17) is 16.7 Å². The Morgan fingerprint density at radius 1 is 1.28 bits per heavy atom. The van der Waals surface area contributed by atoms with E-state index in [9.17, 15) is 19.7 Å². The number of halogens is 1. The molecule has 0 saturated heterocycles. The lowest BCUT2D eigenvalue weighted by Gasteiger charge is -2.08. The number of nitrogens with zero attached hydrogens (tertiary/aromatic N) is 1. The minimum Gasteiger partial charge on any atom is -0.478 e. The van der Waals surface area contributed by atoms with Crippen LogP contribution in [0.1, 0.15) is 21.5 Å². The highest BCUT2D eigenvalue weighted by Crippen LogP contribution is 2.25. The van der Waals surface area contributed by atoms with Gasteiger partial charge in [-0.1, -0.05) is 23.7 Å². The third-order valence-electron chi connectivity index (χ3n) is 3.42. The van der Waals surface area contributed by atoms with E-state index in [0.717, 1.165) is 0 Å². The fraction of sp³-hybridized carbons (Fsp3) is 0.0588. The van der Waals surface area contributed by atoms with Crippen LogP contribution in [0.5, 0.6) is 0 Å². The molecule has 25 heavy (non-hydrogen) atoms. The number of hydrogen-bond acceptors (Lipinski definition) is 4. The smallest absolute Gasteiger partial charge is 0.336 e. The number of nitrogens with one attached hydrogen (secondary N) is 1. The summed E-state index contributed by atoms with van der Waals surface area (Å²) < 4.78 is 0. The van der Waals surface area contributed by atoms with Gasteiger partial charge in [-0.15, -0.1) is 0 Å². The number of rotatable bonds is 5. The Kier molecular flexibility index (Phi) is 5.51. The number of amides is 1. The molecule has 0 unspecified atom stereocenters.